The highest BCUT2D eigenvalue weighted by Gasteiger charge is 1.97. The summed E-state index contributed by atoms with van der Waals surface area (Å²) in [5.74, 6) is 0.716. The molecule has 0 aliphatic heterocycles. The maximum Gasteiger partial charge on any atom is 0.160 e. The van der Waals surface area contributed by atoms with Gasteiger partial charge in [0.25, 0.3) is 0 Å². The summed E-state index contributed by atoms with van der Waals surface area (Å²) in [5, 5.41) is 9.11. The van der Waals surface area contributed by atoms with E-state index in [0.717, 1.165) is 5.56 Å². The van der Waals surface area contributed by atoms with Crippen LogP contribution in [0.3, 0.4) is 0 Å². The van der Waals surface area contributed by atoms with Gasteiger partial charge in [-0.3, -0.25) is 0 Å². The number of aromatic hydroxyl groups is 1. The molecule has 0 bridgehead atoms. The fourth-order valence-corrected chi connectivity index (χ4v) is 0.785. The Hall–Kier alpha value is -1.18. The maximum atomic E-state index is 9.11. The van der Waals surface area contributed by atoms with E-state index < -0.39 is 0 Å². The second kappa shape index (κ2) is 9.90. The van der Waals surface area contributed by atoms with Crippen LogP contribution in [0.2, 0.25) is 0 Å². The van der Waals surface area contributed by atoms with Gasteiger partial charge in [-0.05, 0) is 24.6 Å². The molecule has 0 aliphatic carbocycles. The first-order valence-electron chi connectivity index (χ1n) is 5.07. The van der Waals surface area contributed by atoms with Gasteiger partial charge in [-0.25, -0.2) is 0 Å². The average molecular weight is 198 g/mol. The van der Waals surface area contributed by atoms with Crippen LogP contribution in [0.25, 0.3) is 0 Å². The molecule has 0 spiro atoms. The van der Waals surface area contributed by atoms with Crippen molar-refractivity contribution < 1.29 is 9.84 Å². The first kappa shape index (κ1) is 15.3. The lowest BCUT2D eigenvalue weighted by Crippen LogP contribution is -1.83. The molecule has 0 fully saturated rings. The van der Waals surface area contributed by atoms with Gasteiger partial charge >= 0.3 is 0 Å². The van der Waals surface area contributed by atoms with Crippen LogP contribution in [0.4, 0.5) is 0 Å². The third-order valence-electron chi connectivity index (χ3n) is 1.34. The Kier molecular flexibility index (Phi) is 10.8. The van der Waals surface area contributed by atoms with Crippen molar-refractivity contribution in [2.24, 2.45) is 0 Å². The van der Waals surface area contributed by atoms with Crippen molar-refractivity contribution in [1.82, 2.24) is 0 Å². The monoisotopic (exact) mass is 198 g/mol. The SMILES string of the molecule is CC.CC.COc1cc(C)ccc1O. The molecule has 0 atom stereocenters. The molecule has 1 aromatic carbocycles. The second-order valence-corrected chi connectivity index (χ2v) is 2.18. The van der Waals surface area contributed by atoms with Crippen LogP contribution in [-0.2, 0) is 0 Å². The van der Waals surface area contributed by atoms with E-state index in [4.69, 9.17) is 9.84 Å². The van der Waals surface area contributed by atoms with Gasteiger partial charge in [-0.1, -0.05) is 33.8 Å². The molecule has 1 rings (SSSR count). The Morgan fingerprint density at radius 3 is 1.93 bits per heavy atom. The standard InChI is InChI=1S/C8H10O2.2C2H6/c1-6-3-4-7(9)8(5-6)10-2;2*1-2/h3-5,9H,1-2H3;2*1-2H3. The fraction of sp³-hybridized carbons (Fsp3) is 0.500. The summed E-state index contributed by atoms with van der Waals surface area (Å²) in [6.07, 6.45) is 0. The Labute approximate surface area is 87.5 Å². The van der Waals surface area contributed by atoms with E-state index in [-0.39, 0.29) is 5.75 Å². The van der Waals surface area contributed by atoms with Gasteiger partial charge in [0.1, 0.15) is 0 Å². The van der Waals surface area contributed by atoms with Gasteiger partial charge in [0.05, 0.1) is 7.11 Å². The van der Waals surface area contributed by atoms with Gasteiger partial charge in [0.2, 0.25) is 0 Å². The Morgan fingerprint density at radius 1 is 1.07 bits per heavy atom. The zero-order chi connectivity index (χ0) is 11.6. The third kappa shape index (κ3) is 5.46. The highest BCUT2D eigenvalue weighted by atomic mass is 16.5. The summed E-state index contributed by atoms with van der Waals surface area (Å²) >= 11 is 0. The number of methoxy groups -OCH3 is 1. The van der Waals surface area contributed by atoms with Crippen LogP contribution in [0.5, 0.6) is 11.5 Å². The third-order valence-corrected chi connectivity index (χ3v) is 1.34. The Balaban J connectivity index is 0. The molecular formula is C12H22O2. The molecule has 0 heterocycles. The number of phenolic OH excluding ortho intramolecular Hbond substituents is 1. The molecular weight excluding hydrogens is 176 g/mol. The minimum Gasteiger partial charge on any atom is -0.504 e. The molecule has 1 aromatic rings. The predicted octanol–water partition coefficient (Wildman–Crippen LogP) is 3.76. The van der Waals surface area contributed by atoms with E-state index in [0.29, 0.717) is 5.75 Å². The highest BCUT2D eigenvalue weighted by molar-refractivity contribution is 5.41. The minimum absolute atomic E-state index is 0.188. The zero-order valence-electron chi connectivity index (χ0n) is 10.1. The molecule has 2 nitrogen and oxygen atoms in total. The summed E-state index contributed by atoms with van der Waals surface area (Å²) in [7, 11) is 1.54. The first-order chi connectivity index (χ1) is 6.74. The van der Waals surface area contributed by atoms with Crippen molar-refractivity contribution >= 4 is 0 Å². The Morgan fingerprint density at radius 2 is 1.57 bits per heavy atom. The summed E-state index contributed by atoms with van der Waals surface area (Å²) in [5.41, 5.74) is 1.08. The van der Waals surface area contributed by atoms with Crippen molar-refractivity contribution in [1.29, 1.82) is 0 Å². The molecule has 0 unspecified atom stereocenters. The Bertz CT molecular complexity index is 232. The van der Waals surface area contributed by atoms with Crippen molar-refractivity contribution in [3.05, 3.63) is 23.8 Å². The lowest BCUT2D eigenvalue weighted by molar-refractivity contribution is 0.373. The number of benzene rings is 1. The van der Waals surface area contributed by atoms with Gasteiger partial charge < -0.3 is 9.84 Å². The molecule has 2 heteroatoms. The van der Waals surface area contributed by atoms with E-state index in [9.17, 15) is 0 Å². The van der Waals surface area contributed by atoms with Crippen molar-refractivity contribution in [3.8, 4) is 11.5 Å². The first-order valence-corrected chi connectivity index (χ1v) is 5.07. The van der Waals surface area contributed by atoms with Crippen LogP contribution in [-0.4, -0.2) is 12.2 Å². The molecule has 0 radical (unpaired) electrons. The largest absolute Gasteiger partial charge is 0.504 e. The molecule has 0 amide bonds. The van der Waals surface area contributed by atoms with Crippen LogP contribution in [0.15, 0.2) is 18.2 Å². The lowest BCUT2D eigenvalue weighted by Gasteiger charge is -2.02. The van der Waals surface area contributed by atoms with Crippen LogP contribution < -0.4 is 4.74 Å². The second-order valence-electron chi connectivity index (χ2n) is 2.18. The number of hydrogen-bond acceptors (Lipinski definition) is 2. The summed E-state index contributed by atoms with van der Waals surface area (Å²) in [4.78, 5) is 0. The summed E-state index contributed by atoms with van der Waals surface area (Å²) < 4.78 is 4.88. The molecule has 0 saturated heterocycles. The summed E-state index contributed by atoms with van der Waals surface area (Å²) in [6, 6.07) is 5.24. The van der Waals surface area contributed by atoms with Crippen molar-refractivity contribution in [3.63, 3.8) is 0 Å². The number of rotatable bonds is 1. The predicted molar refractivity (Wildman–Crippen MR) is 62.1 cm³/mol. The lowest BCUT2D eigenvalue weighted by atomic mass is 10.2. The van der Waals surface area contributed by atoms with Gasteiger partial charge in [0.15, 0.2) is 11.5 Å². The fourth-order valence-electron chi connectivity index (χ4n) is 0.785. The summed E-state index contributed by atoms with van der Waals surface area (Å²) in [6.45, 7) is 9.95. The van der Waals surface area contributed by atoms with Crippen LogP contribution >= 0.6 is 0 Å². The van der Waals surface area contributed by atoms with Gasteiger partial charge in [-0.2, -0.15) is 0 Å². The van der Waals surface area contributed by atoms with Crippen molar-refractivity contribution in [2.45, 2.75) is 34.6 Å². The normalized spacial score (nSPS) is 7.57. The molecule has 0 saturated carbocycles. The molecule has 1 N–H and O–H groups in total. The number of phenols is 1. The number of ether oxygens (including phenoxy) is 1. The van der Waals surface area contributed by atoms with Crippen LogP contribution in [0.1, 0.15) is 33.3 Å². The minimum atomic E-state index is 0.188. The molecule has 0 aromatic heterocycles. The molecule has 82 valence electrons. The zero-order valence-corrected chi connectivity index (χ0v) is 10.1. The van der Waals surface area contributed by atoms with E-state index in [1.54, 1.807) is 12.1 Å². The maximum absolute atomic E-state index is 9.11. The number of hydrogen-bond donors (Lipinski definition) is 1. The smallest absolute Gasteiger partial charge is 0.160 e. The highest BCUT2D eigenvalue weighted by Crippen LogP contribution is 2.25. The van der Waals surface area contributed by atoms with Crippen LogP contribution in [0, 0.1) is 6.92 Å². The number of aryl methyl sites for hydroxylation is 1. The molecule has 14 heavy (non-hydrogen) atoms. The van der Waals surface area contributed by atoms with E-state index in [1.807, 2.05) is 40.7 Å². The average Bonchev–Trinajstić information content (AvgIpc) is 2.27. The van der Waals surface area contributed by atoms with E-state index in [2.05, 4.69) is 0 Å². The quantitative estimate of drug-likeness (QED) is 0.744. The molecule has 0 aliphatic rings. The van der Waals surface area contributed by atoms with E-state index >= 15 is 0 Å². The van der Waals surface area contributed by atoms with Gasteiger partial charge in [-0.15, -0.1) is 0 Å². The topological polar surface area (TPSA) is 29.5 Å². The van der Waals surface area contributed by atoms with Gasteiger partial charge in [0, 0.05) is 0 Å². The van der Waals surface area contributed by atoms with E-state index in [1.165, 1.54) is 7.11 Å². The van der Waals surface area contributed by atoms with Crippen molar-refractivity contribution in [2.75, 3.05) is 7.11 Å².